The maximum atomic E-state index is 16.5. The van der Waals surface area contributed by atoms with E-state index in [1.54, 1.807) is 0 Å². The predicted molar refractivity (Wildman–Crippen MR) is 203 cm³/mol. The molecule has 8 amide bonds. The molecule has 18 heteroatoms. The molecule has 4 aromatic carbocycles. The fraction of sp³-hybridized carbons (Fsp3) is 0.0698. The molecule has 0 aromatic heterocycles. The fourth-order valence-corrected chi connectivity index (χ4v) is 7.74. The van der Waals surface area contributed by atoms with Crippen LogP contribution < -0.4 is 19.6 Å². The molecule has 0 saturated carbocycles. The SMILES string of the molecule is O=C1C=CC(=O)N1c1ccc(-c2c(N3C(=O)C=CC3=O)cccc2C(c2cccc(N3C(=O)C=CC3=O)c2-c2ccc(N3C(=O)C=CC3=O)cc2)(C(F)(F)F)C(F)(F)F)cc1. The van der Waals surface area contributed by atoms with Crippen molar-refractivity contribution in [3.63, 3.8) is 0 Å². The molecule has 61 heavy (non-hydrogen) atoms. The van der Waals surface area contributed by atoms with Gasteiger partial charge in [-0.05, 0) is 58.7 Å². The molecule has 304 valence electrons. The van der Waals surface area contributed by atoms with Gasteiger partial charge in [-0.25, -0.2) is 19.6 Å². The maximum absolute atomic E-state index is 16.5. The summed E-state index contributed by atoms with van der Waals surface area (Å²) in [6.45, 7) is 0. The van der Waals surface area contributed by atoms with E-state index < -0.39 is 110 Å². The van der Waals surface area contributed by atoms with Crippen molar-refractivity contribution in [3.05, 3.63) is 145 Å². The molecule has 0 aliphatic carbocycles. The fourth-order valence-electron chi connectivity index (χ4n) is 7.74. The third-order valence-corrected chi connectivity index (χ3v) is 10.3. The quantitative estimate of drug-likeness (QED) is 0.152. The molecule has 0 spiro atoms. The highest BCUT2D eigenvalue weighted by Gasteiger charge is 2.74. The van der Waals surface area contributed by atoms with Gasteiger partial charge >= 0.3 is 12.4 Å². The molecule has 12 nitrogen and oxygen atoms in total. The highest BCUT2D eigenvalue weighted by atomic mass is 19.4. The van der Waals surface area contributed by atoms with Gasteiger partial charge in [-0.2, -0.15) is 26.3 Å². The number of halogens is 6. The monoisotopic (exact) mass is 836 g/mol. The van der Waals surface area contributed by atoms with Crippen molar-refractivity contribution >= 4 is 70.0 Å². The van der Waals surface area contributed by atoms with Crippen LogP contribution in [0.2, 0.25) is 0 Å². The molecule has 0 unspecified atom stereocenters. The van der Waals surface area contributed by atoms with E-state index in [1.165, 1.54) is 0 Å². The van der Waals surface area contributed by atoms with Gasteiger partial charge in [0.05, 0.1) is 22.7 Å². The van der Waals surface area contributed by atoms with Crippen molar-refractivity contribution in [1.82, 2.24) is 0 Å². The number of imide groups is 4. The molecule has 8 rings (SSSR count). The largest absolute Gasteiger partial charge is 0.411 e. The number of nitrogens with zero attached hydrogens (tertiary/aromatic N) is 4. The van der Waals surface area contributed by atoms with Gasteiger partial charge in [0.1, 0.15) is 0 Å². The van der Waals surface area contributed by atoms with E-state index in [9.17, 15) is 38.4 Å². The van der Waals surface area contributed by atoms with E-state index in [4.69, 9.17) is 0 Å². The minimum atomic E-state index is -6.37. The lowest BCUT2D eigenvalue weighted by atomic mass is 9.67. The van der Waals surface area contributed by atoms with Crippen molar-refractivity contribution in [1.29, 1.82) is 0 Å². The van der Waals surface area contributed by atoms with Gasteiger partial charge in [0, 0.05) is 59.7 Å². The zero-order chi connectivity index (χ0) is 43.8. The van der Waals surface area contributed by atoms with E-state index >= 15 is 26.3 Å². The van der Waals surface area contributed by atoms with Crippen molar-refractivity contribution in [2.24, 2.45) is 0 Å². The van der Waals surface area contributed by atoms with E-state index in [1.807, 2.05) is 0 Å². The van der Waals surface area contributed by atoms with Gasteiger partial charge < -0.3 is 0 Å². The Kier molecular flexibility index (Phi) is 9.18. The smallest absolute Gasteiger partial charge is 0.269 e. The Morgan fingerprint density at radius 2 is 0.590 bits per heavy atom. The minimum absolute atomic E-state index is 0.115. The average molecular weight is 837 g/mol. The molecule has 4 aromatic rings. The predicted octanol–water partition coefficient (Wildman–Crippen LogP) is 6.15. The van der Waals surface area contributed by atoms with E-state index in [0.29, 0.717) is 31.7 Å². The second kappa shape index (κ2) is 14.1. The second-order valence-corrected chi connectivity index (χ2v) is 13.6. The van der Waals surface area contributed by atoms with Crippen molar-refractivity contribution < 1.29 is 64.7 Å². The van der Waals surface area contributed by atoms with Crippen molar-refractivity contribution in [2.75, 3.05) is 19.6 Å². The summed E-state index contributed by atoms with van der Waals surface area (Å²) in [6.07, 6.45) is -5.89. The number of rotatable bonds is 8. The van der Waals surface area contributed by atoms with Crippen LogP contribution in [0.5, 0.6) is 0 Å². The lowest BCUT2D eigenvalue weighted by molar-refractivity contribution is -0.288. The average Bonchev–Trinajstić information content (AvgIpc) is 3.94. The Bertz CT molecular complexity index is 2540. The summed E-state index contributed by atoms with van der Waals surface area (Å²) in [7, 11) is 0. The van der Waals surface area contributed by atoms with Crippen LogP contribution in [0.4, 0.5) is 49.1 Å². The molecule has 0 radical (unpaired) electrons. The van der Waals surface area contributed by atoms with E-state index in [-0.39, 0.29) is 11.4 Å². The van der Waals surface area contributed by atoms with Gasteiger partial charge in [-0.3, -0.25) is 38.4 Å². The molecule has 0 atom stereocenters. The number of hydrogen-bond donors (Lipinski definition) is 0. The number of carbonyl (C=O) groups is 8. The molecule has 0 bridgehead atoms. The highest BCUT2D eigenvalue weighted by Crippen LogP contribution is 2.61. The molecule has 0 saturated heterocycles. The molecule has 4 heterocycles. The highest BCUT2D eigenvalue weighted by molar-refractivity contribution is 6.31. The molecule has 0 N–H and O–H groups in total. The standard InChI is InChI=1S/C43H22F6N4O8/c44-42(45,46)41(43(47,48)49,27-3-1-5-29(52-35(58)19-20-36(52)59)39(27)23-7-11-25(12-8-23)50-31(54)15-16-32(50)55)28-4-2-6-30(53-37(60)21-22-38(53)61)40(28)24-9-13-26(14-10-24)51-33(56)17-18-34(51)57/h1-22H. The van der Waals surface area contributed by atoms with Crippen LogP contribution in [0, 0.1) is 0 Å². The Labute approximate surface area is 338 Å². The van der Waals surface area contributed by atoms with Crippen LogP contribution in [0.3, 0.4) is 0 Å². The maximum Gasteiger partial charge on any atom is 0.411 e. The molecule has 4 aliphatic heterocycles. The number of anilines is 4. The number of carbonyl (C=O) groups excluding carboxylic acids is 8. The van der Waals surface area contributed by atoms with Crippen LogP contribution in [-0.4, -0.2) is 59.6 Å². The number of benzene rings is 4. The summed E-state index contributed by atoms with van der Waals surface area (Å²) < 4.78 is 98.7. The number of hydrogen-bond acceptors (Lipinski definition) is 8. The van der Waals surface area contributed by atoms with Gasteiger partial charge in [-0.1, -0.05) is 48.5 Å². The first-order chi connectivity index (χ1) is 28.9. The number of alkyl halides is 6. The topological polar surface area (TPSA) is 150 Å². The summed E-state index contributed by atoms with van der Waals surface area (Å²) in [5.74, 6) is -7.55. The number of amides is 8. The Morgan fingerprint density at radius 1 is 0.328 bits per heavy atom. The van der Waals surface area contributed by atoms with Crippen LogP contribution in [0.1, 0.15) is 11.1 Å². The Balaban J connectivity index is 1.46. The lowest BCUT2D eigenvalue weighted by Gasteiger charge is -2.41. The summed E-state index contributed by atoms with van der Waals surface area (Å²) in [5, 5.41) is 0. The van der Waals surface area contributed by atoms with Gasteiger partial charge in [-0.15, -0.1) is 0 Å². The van der Waals surface area contributed by atoms with Crippen LogP contribution >= 0.6 is 0 Å². The van der Waals surface area contributed by atoms with E-state index in [2.05, 4.69) is 0 Å². The molecule has 4 aliphatic rings. The normalized spacial score (nSPS) is 16.9. The Morgan fingerprint density at radius 3 is 0.852 bits per heavy atom. The second-order valence-electron chi connectivity index (χ2n) is 13.6. The first kappa shape index (κ1) is 39.8. The van der Waals surface area contributed by atoms with Crippen LogP contribution in [-0.2, 0) is 43.8 Å². The van der Waals surface area contributed by atoms with Crippen molar-refractivity contribution in [2.45, 2.75) is 17.8 Å². The summed E-state index contributed by atoms with van der Waals surface area (Å²) in [5.41, 5.74) is -12.6. The zero-order valence-corrected chi connectivity index (χ0v) is 30.5. The van der Waals surface area contributed by atoms with Crippen LogP contribution in [0.25, 0.3) is 22.3 Å². The van der Waals surface area contributed by atoms with Gasteiger partial charge in [0.2, 0.25) is 5.41 Å². The lowest BCUT2D eigenvalue weighted by Crippen LogP contribution is -2.55. The molecule has 0 fully saturated rings. The van der Waals surface area contributed by atoms with Gasteiger partial charge in [0.15, 0.2) is 0 Å². The Hall–Kier alpha value is -8.02. The first-order valence-electron chi connectivity index (χ1n) is 17.7. The summed E-state index contributed by atoms with van der Waals surface area (Å²) >= 11 is 0. The van der Waals surface area contributed by atoms with Gasteiger partial charge in [0.25, 0.3) is 47.3 Å². The third-order valence-electron chi connectivity index (χ3n) is 10.3. The van der Waals surface area contributed by atoms with E-state index in [0.717, 1.165) is 121 Å². The zero-order valence-electron chi connectivity index (χ0n) is 30.5. The molecular weight excluding hydrogens is 814 g/mol. The molecular formula is C43H22F6N4O8. The van der Waals surface area contributed by atoms with Crippen LogP contribution in [0.15, 0.2) is 134 Å². The third kappa shape index (κ3) is 6.09. The first-order valence-corrected chi connectivity index (χ1v) is 17.7. The minimum Gasteiger partial charge on any atom is -0.269 e. The summed E-state index contributed by atoms with van der Waals surface area (Å²) in [6, 6.07) is 12.8. The summed E-state index contributed by atoms with van der Waals surface area (Å²) in [4.78, 5) is 104. The van der Waals surface area contributed by atoms with Crippen molar-refractivity contribution in [3.8, 4) is 22.3 Å².